The molecule has 2 aromatic carbocycles. The normalized spacial score (nSPS) is 11.6. The highest BCUT2D eigenvalue weighted by Crippen LogP contribution is 2.13. The topological polar surface area (TPSA) is 74.3 Å². The van der Waals surface area contributed by atoms with Gasteiger partial charge in [0.1, 0.15) is 11.6 Å². The van der Waals surface area contributed by atoms with Gasteiger partial charge >= 0.3 is 0 Å². The summed E-state index contributed by atoms with van der Waals surface area (Å²) in [6, 6.07) is 16.1. The van der Waals surface area contributed by atoms with Gasteiger partial charge in [-0.2, -0.15) is 0 Å². The SMILES string of the molecule is CCNC(=NCc1cccc(OC)c1)NCCCc1nc2ccccc2[nH]1. The molecule has 0 atom stereocenters. The molecule has 1 heterocycles. The number of rotatable bonds is 8. The maximum atomic E-state index is 5.26. The maximum absolute atomic E-state index is 5.26. The Morgan fingerprint density at radius 2 is 2.04 bits per heavy atom. The molecule has 0 saturated heterocycles. The number of aromatic amines is 1. The minimum absolute atomic E-state index is 0.607. The van der Waals surface area contributed by atoms with E-state index in [4.69, 9.17) is 4.74 Å². The standard InChI is InChI=1S/C21H27N5O/c1-3-22-21(24-15-16-8-6-9-17(14-16)27-2)23-13-7-12-20-25-18-10-4-5-11-19(18)26-20/h4-6,8-11,14H,3,7,12-13,15H2,1-2H3,(H,25,26)(H2,22,23,24). The maximum Gasteiger partial charge on any atom is 0.191 e. The first kappa shape index (κ1) is 18.8. The second-order valence-electron chi connectivity index (χ2n) is 6.28. The van der Waals surface area contributed by atoms with Gasteiger partial charge in [-0.25, -0.2) is 9.98 Å². The molecule has 0 saturated carbocycles. The zero-order valence-corrected chi connectivity index (χ0v) is 16.0. The molecular formula is C21H27N5O. The summed E-state index contributed by atoms with van der Waals surface area (Å²) in [5.41, 5.74) is 3.23. The second-order valence-corrected chi connectivity index (χ2v) is 6.28. The van der Waals surface area contributed by atoms with Crippen molar-refractivity contribution in [3.05, 3.63) is 59.9 Å². The quantitative estimate of drug-likeness (QED) is 0.325. The molecule has 3 aromatic rings. The van der Waals surface area contributed by atoms with Gasteiger partial charge in [-0.1, -0.05) is 24.3 Å². The number of hydrogen-bond donors (Lipinski definition) is 3. The largest absolute Gasteiger partial charge is 0.497 e. The van der Waals surface area contributed by atoms with Crippen LogP contribution in [0.1, 0.15) is 24.7 Å². The van der Waals surface area contributed by atoms with E-state index >= 15 is 0 Å². The molecule has 6 nitrogen and oxygen atoms in total. The number of aliphatic imine (C=N–C) groups is 1. The van der Waals surface area contributed by atoms with Crippen LogP contribution >= 0.6 is 0 Å². The van der Waals surface area contributed by atoms with E-state index in [-0.39, 0.29) is 0 Å². The van der Waals surface area contributed by atoms with Crippen LogP contribution in [-0.2, 0) is 13.0 Å². The van der Waals surface area contributed by atoms with Crippen LogP contribution in [0.25, 0.3) is 11.0 Å². The van der Waals surface area contributed by atoms with Crippen molar-refractivity contribution in [2.24, 2.45) is 4.99 Å². The Labute approximate surface area is 160 Å². The van der Waals surface area contributed by atoms with Crippen molar-refractivity contribution >= 4 is 17.0 Å². The number of methoxy groups -OCH3 is 1. The number of imidazole rings is 1. The van der Waals surface area contributed by atoms with Crippen LogP contribution < -0.4 is 15.4 Å². The zero-order chi connectivity index (χ0) is 18.9. The molecule has 0 amide bonds. The Kier molecular flexibility index (Phi) is 6.68. The van der Waals surface area contributed by atoms with Gasteiger partial charge in [0.15, 0.2) is 5.96 Å². The van der Waals surface area contributed by atoms with Gasteiger partial charge in [-0.3, -0.25) is 0 Å². The summed E-state index contributed by atoms with van der Waals surface area (Å²) in [6.45, 7) is 4.34. The average Bonchev–Trinajstić information content (AvgIpc) is 3.12. The summed E-state index contributed by atoms with van der Waals surface area (Å²) in [4.78, 5) is 12.6. The highest BCUT2D eigenvalue weighted by atomic mass is 16.5. The van der Waals surface area contributed by atoms with E-state index in [1.54, 1.807) is 7.11 Å². The lowest BCUT2D eigenvalue weighted by Crippen LogP contribution is -2.37. The third kappa shape index (κ3) is 5.48. The van der Waals surface area contributed by atoms with Crippen molar-refractivity contribution in [1.29, 1.82) is 0 Å². The van der Waals surface area contributed by atoms with E-state index in [2.05, 4.69) is 44.7 Å². The molecule has 6 heteroatoms. The number of nitrogens with one attached hydrogen (secondary N) is 3. The van der Waals surface area contributed by atoms with Gasteiger partial charge in [0, 0.05) is 19.5 Å². The van der Waals surface area contributed by atoms with Gasteiger partial charge in [0.05, 0.1) is 24.7 Å². The number of nitrogens with zero attached hydrogens (tertiary/aromatic N) is 2. The van der Waals surface area contributed by atoms with Crippen LogP contribution in [0.15, 0.2) is 53.5 Å². The van der Waals surface area contributed by atoms with Gasteiger partial charge in [-0.05, 0) is 43.2 Å². The number of fused-ring (bicyclic) bond motifs is 1. The summed E-state index contributed by atoms with van der Waals surface area (Å²) in [6.07, 6.45) is 1.88. The van der Waals surface area contributed by atoms with Gasteiger partial charge in [-0.15, -0.1) is 0 Å². The number of aromatic nitrogens is 2. The third-order valence-electron chi connectivity index (χ3n) is 4.22. The molecule has 1 aromatic heterocycles. The molecule has 0 fully saturated rings. The third-order valence-corrected chi connectivity index (χ3v) is 4.22. The first-order valence-corrected chi connectivity index (χ1v) is 9.37. The first-order valence-electron chi connectivity index (χ1n) is 9.37. The van der Waals surface area contributed by atoms with E-state index in [0.717, 1.165) is 60.1 Å². The fourth-order valence-electron chi connectivity index (χ4n) is 2.87. The number of guanidine groups is 1. The van der Waals surface area contributed by atoms with Crippen molar-refractivity contribution < 1.29 is 4.74 Å². The van der Waals surface area contributed by atoms with Crippen LogP contribution in [-0.4, -0.2) is 36.1 Å². The number of aryl methyl sites for hydroxylation is 1. The van der Waals surface area contributed by atoms with Crippen molar-refractivity contribution in [2.75, 3.05) is 20.2 Å². The minimum Gasteiger partial charge on any atom is -0.497 e. The highest BCUT2D eigenvalue weighted by molar-refractivity contribution is 5.79. The van der Waals surface area contributed by atoms with Crippen LogP contribution in [0.2, 0.25) is 0 Å². The fraction of sp³-hybridized carbons (Fsp3) is 0.333. The molecule has 0 aliphatic heterocycles. The van der Waals surface area contributed by atoms with Gasteiger partial charge in [0.25, 0.3) is 0 Å². The van der Waals surface area contributed by atoms with E-state index in [0.29, 0.717) is 6.54 Å². The molecule has 3 N–H and O–H groups in total. The Morgan fingerprint density at radius 1 is 1.15 bits per heavy atom. The monoisotopic (exact) mass is 365 g/mol. The second kappa shape index (κ2) is 9.62. The molecule has 0 unspecified atom stereocenters. The minimum atomic E-state index is 0.607. The van der Waals surface area contributed by atoms with Crippen molar-refractivity contribution in [3.8, 4) is 5.75 Å². The van der Waals surface area contributed by atoms with Crippen molar-refractivity contribution in [3.63, 3.8) is 0 Å². The number of hydrogen-bond acceptors (Lipinski definition) is 3. The first-order chi connectivity index (χ1) is 13.3. The Bertz CT molecular complexity index is 854. The predicted molar refractivity (Wildman–Crippen MR) is 110 cm³/mol. The molecule has 0 spiro atoms. The van der Waals surface area contributed by atoms with E-state index in [1.165, 1.54) is 0 Å². The average molecular weight is 365 g/mol. The van der Waals surface area contributed by atoms with E-state index in [1.807, 2.05) is 36.4 Å². The molecule has 0 radical (unpaired) electrons. The molecule has 27 heavy (non-hydrogen) atoms. The molecule has 0 bridgehead atoms. The summed E-state index contributed by atoms with van der Waals surface area (Å²) < 4.78 is 5.26. The predicted octanol–water partition coefficient (Wildman–Crippen LogP) is 3.26. The number of H-pyrrole nitrogens is 1. The lowest BCUT2D eigenvalue weighted by atomic mass is 10.2. The summed E-state index contributed by atoms with van der Waals surface area (Å²) in [5.74, 6) is 2.70. The fourth-order valence-corrected chi connectivity index (χ4v) is 2.87. The van der Waals surface area contributed by atoms with Crippen LogP contribution in [0.4, 0.5) is 0 Å². The Hall–Kier alpha value is -3.02. The Balaban J connectivity index is 1.49. The number of ether oxygens (including phenoxy) is 1. The lowest BCUT2D eigenvalue weighted by molar-refractivity contribution is 0.414. The van der Waals surface area contributed by atoms with Crippen molar-refractivity contribution in [2.45, 2.75) is 26.3 Å². The lowest BCUT2D eigenvalue weighted by Gasteiger charge is -2.11. The molecule has 142 valence electrons. The molecular weight excluding hydrogens is 338 g/mol. The van der Waals surface area contributed by atoms with Crippen molar-refractivity contribution in [1.82, 2.24) is 20.6 Å². The van der Waals surface area contributed by atoms with E-state index < -0.39 is 0 Å². The van der Waals surface area contributed by atoms with Crippen LogP contribution in [0, 0.1) is 0 Å². The molecule has 0 aliphatic carbocycles. The van der Waals surface area contributed by atoms with E-state index in [9.17, 15) is 0 Å². The summed E-state index contributed by atoms with van der Waals surface area (Å²) >= 11 is 0. The molecule has 0 aliphatic rings. The van der Waals surface area contributed by atoms with Crippen LogP contribution in [0.3, 0.4) is 0 Å². The number of para-hydroxylation sites is 2. The number of benzene rings is 2. The summed E-state index contributed by atoms with van der Waals surface area (Å²) in [5, 5.41) is 6.68. The van der Waals surface area contributed by atoms with Crippen LogP contribution in [0.5, 0.6) is 5.75 Å². The molecule has 3 rings (SSSR count). The Morgan fingerprint density at radius 3 is 2.85 bits per heavy atom. The van der Waals surface area contributed by atoms with Gasteiger partial charge < -0.3 is 20.4 Å². The zero-order valence-electron chi connectivity index (χ0n) is 16.0. The smallest absolute Gasteiger partial charge is 0.191 e. The highest BCUT2D eigenvalue weighted by Gasteiger charge is 2.03. The summed E-state index contributed by atoms with van der Waals surface area (Å²) in [7, 11) is 1.68. The van der Waals surface area contributed by atoms with Gasteiger partial charge in [0.2, 0.25) is 0 Å².